The first-order valence-corrected chi connectivity index (χ1v) is 10.9. The van der Waals surface area contributed by atoms with Crippen LogP contribution in [0.5, 0.6) is 0 Å². The predicted molar refractivity (Wildman–Crippen MR) is 130 cm³/mol. The molecule has 3 aromatic carbocycles. The van der Waals surface area contributed by atoms with E-state index in [0.29, 0.717) is 11.3 Å². The number of Topliss-reactive ketones (excluding diaryl/α,β-unsaturated/α-hetero) is 1. The highest BCUT2D eigenvalue weighted by Crippen LogP contribution is 2.38. The van der Waals surface area contributed by atoms with Crippen molar-refractivity contribution in [2.75, 3.05) is 0 Å². The molecule has 0 bridgehead atoms. The number of benzene rings is 3. The quantitative estimate of drug-likeness (QED) is 0.355. The van der Waals surface area contributed by atoms with E-state index in [0.717, 1.165) is 27.7 Å². The maximum atomic E-state index is 13.3. The first-order valence-electron chi connectivity index (χ1n) is 10.9. The van der Waals surface area contributed by atoms with Crippen LogP contribution < -0.4 is 0 Å². The van der Waals surface area contributed by atoms with Gasteiger partial charge in [0.05, 0.1) is 11.2 Å². The first kappa shape index (κ1) is 19.7. The molecule has 0 unspecified atom stereocenters. The van der Waals surface area contributed by atoms with Crippen molar-refractivity contribution in [3.8, 4) is 0 Å². The summed E-state index contributed by atoms with van der Waals surface area (Å²) in [4.78, 5) is 21.6. The van der Waals surface area contributed by atoms with Crippen LogP contribution in [0.4, 0.5) is 5.69 Å². The van der Waals surface area contributed by atoms with Gasteiger partial charge in [-0.1, -0.05) is 59.7 Å². The van der Waals surface area contributed by atoms with Crippen molar-refractivity contribution in [1.29, 1.82) is 0 Å². The number of nitrogens with one attached hydrogen (secondary N) is 1. The number of fused-ring (bicyclic) bond motifs is 4. The van der Waals surface area contributed by atoms with Crippen LogP contribution in [0.15, 0.2) is 59.6 Å². The zero-order chi connectivity index (χ0) is 22.1. The van der Waals surface area contributed by atoms with Crippen LogP contribution in [0.25, 0.3) is 21.8 Å². The Morgan fingerprint density at radius 3 is 2.10 bits per heavy atom. The van der Waals surface area contributed by atoms with Crippen LogP contribution in [0.3, 0.4) is 0 Å². The van der Waals surface area contributed by atoms with E-state index in [1.54, 1.807) is 0 Å². The van der Waals surface area contributed by atoms with E-state index in [1.165, 1.54) is 16.5 Å². The third-order valence-electron chi connectivity index (χ3n) is 6.29. The second-order valence-electron chi connectivity index (χ2n) is 10.6. The molecule has 0 fully saturated rings. The van der Waals surface area contributed by atoms with Crippen LogP contribution in [0, 0.1) is 0 Å². The third-order valence-corrected chi connectivity index (χ3v) is 6.29. The molecule has 1 aliphatic heterocycles. The van der Waals surface area contributed by atoms with E-state index >= 15 is 0 Å². The van der Waals surface area contributed by atoms with Gasteiger partial charge in [0.1, 0.15) is 5.71 Å². The second-order valence-corrected chi connectivity index (χ2v) is 10.6. The highest BCUT2D eigenvalue weighted by molar-refractivity contribution is 6.56. The van der Waals surface area contributed by atoms with E-state index in [-0.39, 0.29) is 16.6 Å². The summed E-state index contributed by atoms with van der Waals surface area (Å²) in [7, 11) is 0. The minimum Gasteiger partial charge on any atom is -0.354 e. The Labute approximate surface area is 183 Å². The summed E-state index contributed by atoms with van der Waals surface area (Å²) < 4.78 is 0. The molecular weight excluding hydrogens is 380 g/mol. The van der Waals surface area contributed by atoms with Crippen molar-refractivity contribution in [2.24, 2.45) is 4.99 Å². The molecule has 1 aliphatic rings. The highest BCUT2D eigenvalue weighted by atomic mass is 16.1. The zero-order valence-corrected chi connectivity index (χ0v) is 19.1. The number of rotatable bonds is 1. The van der Waals surface area contributed by atoms with Crippen LogP contribution in [0.1, 0.15) is 68.6 Å². The Hall–Kier alpha value is -3.20. The van der Waals surface area contributed by atoms with Gasteiger partial charge in [-0.25, -0.2) is 4.99 Å². The van der Waals surface area contributed by atoms with Crippen LogP contribution in [0.2, 0.25) is 0 Å². The lowest BCUT2D eigenvalue weighted by Gasteiger charge is -2.21. The largest absolute Gasteiger partial charge is 0.354 e. The van der Waals surface area contributed by atoms with Gasteiger partial charge >= 0.3 is 0 Å². The Bertz CT molecular complexity index is 1400. The number of aromatic nitrogens is 1. The molecule has 0 atom stereocenters. The van der Waals surface area contributed by atoms with Crippen molar-refractivity contribution in [3.05, 3.63) is 76.9 Å². The Morgan fingerprint density at radius 1 is 0.742 bits per heavy atom. The Kier molecular flexibility index (Phi) is 4.08. The van der Waals surface area contributed by atoms with E-state index in [4.69, 9.17) is 4.99 Å². The molecule has 3 heteroatoms. The fourth-order valence-electron chi connectivity index (χ4n) is 4.33. The number of ketones is 1. The molecule has 4 aromatic rings. The van der Waals surface area contributed by atoms with E-state index < -0.39 is 0 Å². The third kappa shape index (κ3) is 3.11. The number of carbonyl (C=O) groups excluding carboxylic acids is 1. The average molecular weight is 409 g/mol. The van der Waals surface area contributed by atoms with E-state index in [9.17, 15) is 4.79 Å². The lowest BCUT2D eigenvalue weighted by molar-refractivity contribution is 0.107. The summed E-state index contributed by atoms with van der Waals surface area (Å²) in [5, 5.41) is 2.34. The average Bonchev–Trinajstić information content (AvgIpc) is 3.23. The number of hydrogen-bond donors (Lipinski definition) is 1. The number of carbonyl (C=O) groups is 1. The van der Waals surface area contributed by atoms with Crippen LogP contribution in [-0.4, -0.2) is 16.5 Å². The van der Waals surface area contributed by atoms with Gasteiger partial charge < -0.3 is 4.98 Å². The summed E-state index contributed by atoms with van der Waals surface area (Å²) in [5.74, 6) is -0.00278. The summed E-state index contributed by atoms with van der Waals surface area (Å²) in [6.45, 7) is 13.3. The maximum Gasteiger partial charge on any atom is 0.214 e. The second kappa shape index (κ2) is 6.40. The molecule has 0 aliphatic carbocycles. The maximum absolute atomic E-state index is 13.3. The molecule has 0 saturated carbocycles. The molecule has 1 N–H and O–H groups in total. The molecule has 0 radical (unpaired) electrons. The molecule has 0 amide bonds. The standard InChI is InChI=1S/C28H28N2O/c1-27(2,3)16-11-12-23-19(13-16)20-14-17(28(4,5)6)15-21(24(20)29-23)25-26(31)18-9-7-8-10-22(18)30-25/h7-15,29H,1-6H3. The van der Waals surface area contributed by atoms with Gasteiger partial charge in [0, 0.05) is 27.4 Å². The number of H-pyrrole nitrogens is 1. The fraction of sp³-hybridized carbons (Fsp3) is 0.286. The topological polar surface area (TPSA) is 45.2 Å². The molecule has 1 aromatic heterocycles. The normalized spacial score (nSPS) is 14.4. The molecule has 156 valence electrons. The molecule has 0 saturated heterocycles. The van der Waals surface area contributed by atoms with E-state index in [1.807, 2.05) is 24.3 Å². The Balaban J connectivity index is 1.84. The van der Waals surface area contributed by atoms with Crippen molar-refractivity contribution in [1.82, 2.24) is 4.98 Å². The summed E-state index contributed by atoms with van der Waals surface area (Å²) >= 11 is 0. The van der Waals surface area contributed by atoms with Crippen LogP contribution in [-0.2, 0) is 10.8 Å². The lowest BCUT2D eigenvalue weighted by atomic mass is 9.83. The number of hydrogen-bond acceptors (Lipinski definition) is 2. The SMILES string of the molecule is CC(C)(C)c1ccc2[nH]c3c(C4=Nc5ccccc5C4=O)cc(C(C)(C)C)cc3c2c1. The van der Waals surface area contributed by atoms with Crippen LogP contribution >= 0.6 is 0 Å². The zero-order valence-electron chi connectivity index (χ0n) is 19.1. The van der Waals surface area contributed by atoms with Crippen molar-refractivity contribution in [2.45, 2.75) is 52.4 Å². The van der Waals surface area contributed by atoms with Gasteiger partial charge in [-0.05, 0) is 58.4 Å². The highest BCUT2D eigenvalue weighted by Gasteiger charge is 2.29. The predicted octanol–water partition coefficient (Wildman–Crippen LogP) is 7.23. The van der Waals surface area contributed by atoms with Gasteiger partial charge in [-0.3, -0.25) is 4.79 Å². The van der Waals surface area contributed by atoms with Gasteiger partial charge in [-0.2, -0.15) is 0 Å². The number of nitrogens with zero attached hydrogens (tertiary/aromatic N) is 1. The molecule has 3 nitrogen and oxygen atoms in total. The van der Waals surface area contributed by atoms with Gasteiger partial charge in [0.25, 0.3) is 0 Å². The molecule has 0 spiro atoms. The fourth-order valence-corrected chi connectivity index (χ4v) is 4.33. The summed E-state index contributed by atoms with van der Waals surface area (Å²) in [5.41, 5.74) is 7.41. The van der Waals surface area contributed by atoms with Gasteiger partial charge in [0.15, 0.2) is 0 Å². The minimum atomic E-state index is -0.0523. The van der Waals surface area contributed by atoms with Gasteiger partial charge in [0.2, 0.25) is 5.78 Å². The Morgan fingerprint density at radius 2 is 1.42 bits per heavy atom. The van der Waals surface area contributed by atoms with Crippen molar-refractivity contribution in [3.63, 3.8) is 0 Å². The number of aromatic amines is 1. The first-order chi connectivity index (χ1) is 14.5. The monoisotopic (exact) mass is 408 g/mol. The molecule has 2 heterocycles. The molecule has 5 rings (SSSR count). The summed E-state index contributed by atoms with van der Waals surface area (Å²) in [6, 6.07) is 18.6. The minimum absolute atomic E-state index is 0.00278. The molecule has 31 heavy (non-hydrogen) atoms. The lowest BCUT2D eigenvalue weighted by Crippen LogP contribution is -2.16. The van der Waals surface area contributed by atoms with Crippen molar-refractivity contribution >= 4 is 39.0 Å². The summed E-state index contributed by atoms with van der Waals surface area (Å²) in [6.07, 6.45) is 0. The van der Waals surface area contributed by atoms with Gasteiger partial charge in [-0.15, -0.1) is 0 Å². The number of para-hydroxylation sites is 1. The smallest absolute Gasteiger partial charge is 0.214 e. The number of aliphatic imine (C=N–C) groups is 1. The molecular formula is C28H28N2O. The van der Waals surface area contributed by atoms with E-state index in [2.05, 4.69) is 76.9 Å². The van der Waals surface area contributed by atoms with Crippen molar-refractivity contribution < 1.29 is 4.79 Å².